The molecule has 2 heterocycles. The Hall–Kier alpha value is -1.94. The molecule has 1 saturated heterocycles. The Labute approximate surface area is 207 Å². The zero-order chi connectivity index (χ0) is 24.4. The molecular formula is C25H37N3O4S2. The van der Waals surface area contributed by atoms with E-state index >= 15 is 0 Å². The predicted molar refractivity (Wildman–Crippen MR) is 137 cm³/mol. The van der Waals surface area contributed by atoms with Crippen LogP contribution in [0, 0.1) is 0 Å². The van der Waals surface area contributed by atoms with Gasteiger partial charge in [0.1, 0.15) is 9.96 Å². The number of hydrogen-bond donors (Lipinski definition) is 2. The summed E-state index contributed by atoms with van der Waals surface area (Å²) in [4.78, 5) is 13.2. The minimum absolute atomic E-state index is 0.215. The van der Waals surface area contributed by atoms with Crippen LogP contribution in [-0.4, -0.2) is 51.4 Å². The molecule has 1 fully saturated rings. The van der Waals surface area contributed by atoms with E-state index < -0.39 is 10.0 Å². The molecule has 1 aliphatic heterocycles. The first-order valence-corrected chi connectivity index (χ1v) is 14.4. The molecule has 0 radical (unpaired) electrons. The minimum Gasteiger partial charge on any atom is -0.497 e. The molecule has 0 spiro atoms. The molecule has 3 rings (SSSR count). The second-order valence-corrected chi connectivity index (χ2v) is 12.0. The lowest BCUT2D eigenvalue weighted by Gasteiger charge is -2.16. The molecule has 2 aromatic rings. The summed E-state index contributed by atoms with van der Waals surface area (Å²) >= 11 is 1.21. The Balaban J connectivity index is 1.45. The normalized spacial score (nSPS) is 16.6. The van der Waals surface area contributed by atoms with Gasteiger partial charge in [-0.15, -0.1) is 11.3 Å². The molecular weight excluding hydrogens is 470 g/mol. The third kappa shape index (κ3) is 7.53. The van der Waals surface area contributed by atoms with Crippen molar-refractivity contribution in [1.29, 1.82) is 0 Å². The number of ether oxygens (including phenoxy) is 1. The van der Waals surface area contributed by atoms with Gasteiger partial charge >= 0.3 is 0 Å². The van der Waals surface area contributed by atoms with Gasteiger partial charge in [-0.05, 0) is 49.7 Å². The SMILES string of the molecule is CCCCCCCCNC1CCN(S(=O)(=O)c2ccc(CNC(=O)c3cccc(OC)c3)s2)C1. The third-order valence-electron chi connectivity index (χ3n) is 6.10. The number of benzene rings is 1. The molecule has 9 heteroatoms. The van der Waals surface area contributed by atoms with Crippen molar-refractivity contribution in [3.63, 3.8) is 0 Å². The van der Waals surface area contributed by atoms with Gasteiger partial charge in [0.05, 0.1) is 13.7 Å². The summed E-state index contributed by atoms with van der Waals surface area (Å²) in [6.45, 7) is 4.49. The second kappa shape index (κ2) is 13.2. The summed E-state index contributed by atoms with van der Waals surface area (Å²) in [5.74, 6) is 0.387. The molecule has 0 bridgehead atoms. The average molecular weight is 508 g/mol. The lowest BCUT2D eigenvalue weighted by molar-refractivity contribution is 0.0951. The number of sulfonamides is 1. The number of amides is 1. The van der Waals surface area contributed by atoms with Crippen LogP contribution >= 0.6 is 11.3 Å². The van der Waals surface area contributed by atoms with E-state index in [1.54, 1.807) is 47.8 Å². The van der Waals surface area contributed by atoms with E-state index in [1.807, 2.05) is 0 Å². The van der Waals surface area contributed by atoms with Crippen LogP contribution in [0.3, 0.4) is 0 Å². The van der Waals surface area contributed by atoms with Crippen LogP contribution in [-0.2, 0) is 16.6 Å². The number of nitrogens with one attached hydrogen (secondary N) is 2. The van der Waals surface area contributed by atoms with Gasteiger partial charge in [-0.1, -0.05) is 45.1 Å². The monoisotopic (exact) mass is 507 g/mol. The van der Waals surface area contributed by atoms with Crippen LogP contribution in [0.15, 0.2) is 40.6 Å². The molecule has 1 unspecified atom stereocenters. The number of thiophene rings is 1. The Morgan fingerprint density at radius 3 is 2.74 bits per heavy atom. The van der Waals surface area contributed by atoms with E-state index in [4.69, 9.17) is 4.74 Å². The van der Waals surface area contributed by atoms with Crippen molar-refractivity contribution in [2.24, 2.45) is 0 Å². The fraction of sp³-hybridized carbons (Fsp3) is 0.560. The highest BCUT2D eigenvalue weighted by molar-refractivity contribution is 7.91. The van der Waals surface area contributed by atoms with Crippen molar-refractivity contribution in [3.05, 3.63) is 46.8 Å². The molecule has 1 aromatic heterocycles. The summed E-state index contributed by atoms with van der Waals surface area (Å²) < 4.78 is 33.3. The number of hydrogen-bond acceptors (Lipinski definition) is 6. The predicted octanol–water partition coefficient (Wildman–Crippen LogP) is 4.40. The number of carbonyl (C=O) groups is 1. The molecule has 1 atom stereocenters. The van der Waals surface area contributed by atoms with Crippen LogP contribution in [0.4, 0.5) is 0 Å². The average Bonchev–Trinajstić information content (AvgIpc) is 3.53. The number of methoxy groups -OCH3 is 1. The van der Waals surface area contributed by atoms with E-state index in [-0.39, 0.29) is 18.5 Å². The number of rotatable bonds is 14. The topological polar surface area (TPSA) is 87.7 Å². The number of carbonyl (C=O) groups excluding carboxylic acids is 1. The highest BCUT2D eigenvalue weighted by Gasteiger charge is 2.33. The first-order chi connectivity index (χ1) is 16.4. The van der Waals surface area contributed by atoms with Crippen LogP contribution in [0.5, 0.6) is 5.75 Å². The Morgan fingerprint density at radius 1 is 1.15 bits per heavy atom. The largest absolute Gasteiger partial charge is 0.497 e. The fourth-order valence-electron chi connectivity index (χ4n) is 4.08. The van der Waals surface area contributed by atoms with E-state index in [1.165, 1.54) is 43.4 Å². The van der Waals surface area contributed by atoms with Crippen LogP contribution in [0.2, 0.25) is 0 Å². The van der Waals surface area contributed by atoms with Crippen molar-refractivity contribution in [3.8, 4) is 5.75 Å². The summed E-state index contributed by atoms with van der Waals surface area (Å²) in [5, 5.41) is 6.38. The van der Waals surface area contributed by atoms with E-state index in [9.17, 15) is 13.2 Å². The Morgan fingerprint density at radius 2 is 1.94 bits per heavy atom. The van der Waals surface area contributed by atoms with Gasteiger partial charge in [0.15, 0.2) is 0 Å². The van der Waals surface area contributed by atoms with Gasteiger partial charge in [0.25, 0.3) is 15.9 Å². The van der Waals surface area contributed by atoms with Crippen molar-refractivity contribution in [2.45, 2.75) is 68.7 Å². The molecule has 1 aliphatic rings. The summed E-state index contributed by atoms with van der Waals surface area (Å²) in [6, 6.07) is 10.6. The molecule has 1 amide bonds. The summed E-state index contributed by atoms with van der Waals surface area (Å²) in [6.07, 6.45) is 8.36. The minimum atomic E-state index is -3.51. The summed E-state index contributed by atoms with van der Waals surface area (Å²) in [7, 11) is -1.96. The van der Waals surface area contributed by atoms with Crippen LogP contribution in [0.25, 0.3) is 0 Å². The highest BCUT2D eigenvalue weighted by atomic mass is 32.2. The van der Waals surface area contributed by atoms with Crippen molar-refractivity contribution in [2.75, 3.05) is 26.7 Å². The lowest BCUT2D eigenvalue weighted by atomic mass is 10.1. The standard InChI is InChI=1S/C25H37N3O4S2/c1-3-4-5-6-7-8-15-26-21-14-16-28(19-21)34(30,31)24-13-12-23(33-24)18-27-25(29)20-10-9-11-22(17-20)32-2/h9-13,17,21,26H,3-8,14-16,18-19H2,1-2H3,(H,27,29). The lowest BCUT2D eigenvalue weighted by Crippen LogP contribution is -2.35. The van der Waals surface area contributed by atoms with E-state index in [0.717, 1.165) is 24.3 Å². The van der Waals surface area contributed by atoms with Gasteiger partial charge in [-0.3, -0.25) is 4.79 Å². The third-order valence-corrected chi connectivity index (χ3v) is 9.52. The van der Waals surface area contributed by atoms with Crippen molar-refractivity contribution >= 4 is 27.3 Å². The molecule has 34 heavy (non-hydrogen) atoms. The maximum absolute atomic E-state index is 13.1. The quantitative estimate of drug-likeness (QED) is 0.370. The highest BCUT2D eigenvalue weighted by Crippen LogP contribution is 2.27. The summed E-state index contributed by atoms with van der Waals surface area (Å²) in [5.41, 5.74) is 0.500. The number of nitrogens with zero attached hydrogens (tertiary/aromatic N) is 1. The second-order valence-electron chi connectivity index (χ2n) is 8.71. The van der Waals surface area contributed by atoms with Gasteiger partial charge in [0.2, 0.25) is 0 Å². The Kier molecular flexibility index (Phi) is 10.4. The van der Waals surface area contributed by atoms with E-state index in [2.05, 4.69) is 17.6 Å². The van der Waals surface area contributed by atoms with Crippen molar-refractivity contribution < 1.29 is 17.9 Å². The maximum atomic E-state index is 13.1. The number of unbranched alkanes of at least 4 members (excludes halogenated alkanes) is 5. The Bertz CT molecular complexity index is 1020. The zero-order valence-electron chi connectivity index (χ0n) is 20.2. The molecule has 188 valence electrons. The van der Waals surface area contributed by atoms with Gasteiger partial charge < -0.3 is 15.4 Å². The zero-order valence-corrected chi connectivity index (χ0v) is 21.8. The smallest absolute Gasteiger partial charge is 0.252 e. The maximum Gasteiger partial charge on any atom is 0.252 e. The molecule has 7 nitrogen and oxygen atoms in total. The van der Waals surface area contributed by atoms with Crippen molar-refractivity contribution in [1.82, 2.24) is 14.9 Å². The van der Waals surface area contributed by atoms with Crippen LogP contribution < -0.4 is 15.4 Å². The first kappa shape index (κ1) is 26.7. The molecule has 1 aromatic carbocycles. The fourth-order valence-corrected chi connectivity index (χ4v) is 7.03. The van der Waals surface area contributed by atoms with Gasteiger partial charge in [-0.2, -0.15) is 4.31 Å². The molecule has 0 aliphatic carbocycles. The van der Waals surface area contributed by atoms with E-state index in [0.29, 0.717) is 28.6 Å². The first-order valence-electron chi connectivity index (χ1n) is 12.2. The van der Waals surface area contributed by atoms with Gasteiger partial charge in [0, 0.05) is 29.6 Å². The van der Waals surface area contributed by atoms with Crippen LogP contribution in [0.1, 0.15) is 67.1 Å². The molecule has 2 N–H and O–H groups in total. The molecule has 0 saturated carbocycles. The van der Waals surface area contributed by atoms with Gasteiger partial charge in [-0.25, -0.2) is 8.42 Å².